The molecule has 6 rings (SSSR count). The van der Waals surface area contributed by atoms with E-state index in [0.717, 1.165) is 12.2 Å². The van der Waals surface area contributed by atoms with E-state index in [-0.39, 0.29) is 71.8 Å². The fourth-order valence-electron chi connectivity index (χ4n) is 9.24. The number of hydrogen-bond donors (Lipinski definition) is 8. The van der Waals surface area contributed by atoms with Crippen LogP contribution in [0.1, 0.15) is 84.7 Å². The molecule has 0 saturated heterocycles. The molecule has 4 aromatic carbocycles. The molecule has 0 bridgehead atoms. The Morgan fingerprint density at radius 2 is 1.10 bits per heavy atom. The van der Waals surface area contributed by atoms with Gasteiger partial charge in [-0.15, -0.1) is 0 Å². The van der Waals surface area contributed by atoms with Gasteiger partial charge in [0.05, 0.1) is 81.4 Å². The van der Waals surface area contributed by atoms with E-state index in [1.54, 1.807) is 20.8 Å². The zero-order valence-corrected chi connectivity index (χ0v) is 34.4. The molecule has 14 nitrogen and oxygen atoms in total. The number of methoxy groups -OCH3 is 2. The Morgan fingerprint density at radius 3 is 1.47 bits per heavy atom. The average Bonchev–Trinajstić information content (AvgIpc) is 3.18. The number of Topliss-reactive ketones (excluding diaryl/α,β-unsaturated/α-hetero) is 2. The molecule has 6 atom stereocenters. The summed E-state index contributed by atoms with van der Waals surface area (Å²) in [6.45, 7) is 7.67. The number of aliphatic carboxylic acids is 2. The van der Waals surface area contributed by atoms with E-state index in [2.05, 4.69) is 0 Å². The van der Waals surface area contributed by atoms with E-state index in [4.69, 9.17) is 32.7 Å². The first-order valence-corrected chi connectivity index (χ1v) is 19.2. The number of carbonyl (C=O) groups excluding carboxylic acids is 2. The molecule has 8 N–H and O–H groups in total. The van der Waals surface area contributed by atoms with Crippen molar-refractivity contribution in [2.75, 3.05) is 14.2 Å². The summed E-state index contributed by atoms with van der Waals surface area (Å²) >= 11 is 14.0. The van der Waals surface area contributed by atoms with Crippen molar-refractivity contribution in [2.24, 2.45) is 17.8 Å². The molecule has 16 heteroatoms. The predicted molar refractivity (Wildman–Crippen MR) is 217 cm³/mol. The van der Waals surface area contributed by atoms with Crippen molar-refractivity contribution in [3.05, 3.63) is 80.2 Å². The Balaban J connectivity index is 1.66. The van der Waals surface area contributed by atoms with Gasteiger partial charge in [-0.3, -0.25) is 9.59 Å². The van der Waals surface area contributed by atoms with Crippen molar-refractivity contribution in [3.63, 3.8) is 0 Å². The number of benzene rings is 4. The molecular weight excluding hydrogens is 811 g/mol. The van der Waals surface area contributed by atoms with E-state index in [0.29, 0.717) is 0 Å². The van der Waals surface area contributed by atoms with Crippen LogP contribution in [0, 0.1) is 17.8 Å². The molecular formula is C43H42Cl2O14. The minimum atomic E-state index is -1.96. The number of aromatic hydroxyl groups is 4. The molecule has 4 aromatic rings. The fourth-order valence-corrected chi connectivity index (χ4v) is 9.96. The van der Waals surface area contributed by atoms with Crippen LogP contribution in [0.15, 0.2) is 47.9 Å². The minimum Gasteiger partial charge on any atom is -0.507 e. The fraction of sp³-hybridized carbons (Fsp3) is 0.349. The van der Waals surface area contributed by atoms with Gasteiger partial charge in [0, 0.05) is 33.7 Å². The normalized spacial score (nSPS) is 24.7. The monoisotopic (exact) mass is 852 g/mol. The number of carbonyl (C=O) groups is 4. The van der Waals surface area contributed by atoms with Crippen LogP contribution < -0.4 is 0 Å². The summed E-state index contributed by atoms with van der Waals surface area (Å²) in [5.41, 5.74) is -5.21. The average molecular weight is 854 g/mol. The Morgan fingerprint density at radius 1 is 0.712 bits per heavy atom. The Labute approximate surface area is 347 Å². The SMILES string of the molecule is CCC1(O)C(C)C(=O)c2c(c(Cl)c3ccc(-c4ccc5c(Cl)c6c(c(O)c5c4O)C(=O)C(C)C(O)(C(C)C)C6/C(=C\C(=O)O)OC)c(O)c3c2O)C1/C(=C/C(=O)O)OC. The molecule has 0 aliphatic heterocycles. The van der Waals surface area contributed by atoms with E-state index in [1.807, 2.05) is 0 Å². The second kappa shape index (κ2) is 14.9. The summed E-state index contributed by atoms with van der Waals surface area (Å²) in [5, 5.41) is 89.9. The van der Waals surface area contributed by atoms with Crippen LogP contribution in [-0.2, 0) is 19.1 Å². The van der Waals surface area contributed by atoms with Gasteiger partial charge < -0.3 is 50.3 Å². The second-order valence-electron chi connectivity index (χ2n) is 15.3. The highest BCUT2D eigenvalue weighted by Crippen LogP contribution is 2.60. The molecule has 0 radical (unpaired) electrons. The third-order valence-electron chi connectivity index (χ3n) is 12.4. The largest absolute Gasteiger partial charge is 0.507 e. The molecule has 2 aliphatic carbocycles. The van der Waals surface area contributed by atoms with Crippen LogP contribution >= 0.6 is 23.2 Å². The molecule has 0 spiro atoms. The molecule has 0 heterocycles. The summed E-state index contributed by atoms with van der Waals surface area (Å²) in [4.78, 5) is 51.8. The number of carboxylic acid groups (broad SMARTS) is 2. The summed E-state index contributed by atoms with van der Waals surface area (Å²) in [5.74, 6) is -13.6. The molecule has 0 fully saturated rings. The number of hydrogen-bond acceptors (Lipinski definition) is 12. The highest BCUT2D eigenvalue weighted by molar-refractivity contribution is 6.39. The van der Waals surface area contributed by atoms with Gasteiger partial charge in [0.2, 0.25) is 0 Å². The number of phenols is 4. The number of ether oxygens (including phenoxy) is 2. The van der Waals surface area contributed by atoms with Crippen LogP contribution in [0.4, 0.5) is 0 Å². The lowest BCUT2D eigenvalue weighted by molar-refractivity contribution is -0.132. The second-order valence-corrected chi connectivity index (χ2v) is 16.0. The predicted octanol–water partition coefficient (Wildman–Crippen LogP) is 7.38. The molecule has 0 saturated carbocycles. The minimum absolute atomic E-state index is 0.0207. The lowest BCUT2D eigenvalue weighted by Gasteiger charge is -2.48. The number of phenolic OH excluding ortho intramolecular Hbond substituents is 4. The number of carboxylic acids is 2. The van der Waals surface area contributed by atoms with E-state index in [1.165, 1.54) is 52.3 Å². The van der Waals surface area contributed by atoms with E-state index >= 15 is 0 Å². The number of rotatable bonds is 9. The maximum atomic E-state index is 14.1. The Hall–Kier alpha value is -5.54. The number of ketones is 2. The third-order valence-corrected chi connectivity index (χ3v) is 13.2. The first-order chi connectivity index (χ1) is 27.6. The van der Waals surface area contributed by atoms with Crippen molar-refractivity contribution in [1.29, 1.82) is 0 Å². The summed E-state index contributed by atoms with van der Waals surface area (Å²) in [7, 11) is 2.37. The van der Waals surface area contributed by atoms with Gasteiger partial charge in [0.15, 0.2) is 11.6 Å². The van der Waals surface area contributed by atoms with Crippen molar-refractivity contribution < 1.29 is 69.5 Å². The molecule has 312 valence electrons. The van der Waals surface area contributed by atoms with Gasteiger partial charge in [-0.05, 0) is 35.6 Å². The number of halogens is 2. The van der Waals surface area contributed by atoms with E-state index in [9.17, 15) is 60.0 Å². The first kappa shape index (κ1) is 43.0. The third kappa shape index (κ3) is 5.98. The van der Waals surface area contributed by atoms with Gasteiger partial charge in [-0.1, -0.05) is 70.0 Å². The molecule has 6 unspecified atom stereocenters. The maximum Gasteiger partial charge on any atom is 0.331 e. The summed E-state index contributed by atoms with van der Waals surface area (Å²) in [6.07, 6.45) is 1.39. The molecule has 59 heavy (non-hydrogen) atoms. The van der Waals surface area contributed by atoms with Crippen LogP contribution in [0.2, 0.25) is 10.0 Å². The summed E-state index contributed by atoms with van der Waals surface area (Å²) in [6, 6.07) is 5.36. The summed E-state index contributed by atoms with van der Waals surface area (Å²) < 4.78 is 10.9. The zero-order chi connectivity index (χ0) is 44.0. The van der Waals surface area contributed by atoms with Crippen molar-refractivity contribution in [1.82, 2.24) is 0 Å². The van der Waals surface area contributed by atoms with Crippen LogP contribution in [0.25, 0.3) is 32.7 Å². The van der Waals surface area contributed by atoms with Crippen molar-refractivity contribution in [2.45, 2.75) is 64.1 Å². The van der Waals surface area contributed by atoms with Gasteiger partial charge in [-0.25, -0.2) is 9.59 Å². The number of aliphatic hydroxyl groups is 2. The van der Waals surface area contributed by atoms with Crippen LogP contribution in [-0.4, -0.2) is 89.8 Å². The Bertz CT molecular complexity index is 2590. The number of fused-ring (bicyclic) bond motifs is 4. The maximum absolute atomic E-state index is 14.1. The lowest BCUT2D eigenvalue weighted by Crippen LogP contribution is -2.54. The first-order valence-electron chi connectivity index (χ1n) is 18.5. The molecule has 2 aliphatic rings. The lowest BCUT2D eigenvalue weighted by atomic mass is 9.60. The van der Waals surface area contributed by atoms with Crippen LogP contribution in [0.5, 0.6) is 23.0 Å². The molecule has 0 amide bonds. The zero-order valence-electron chi connectivity index (χ0n) is 32.8. The van der Waals surface area contributed by atoms with E-state index < -0.39 is 98.4 Å². The highest BCUT2D eigenvalue weighted by atomic mass is 35.5. The standard InChI is InChI=1S/C43H42Cl2O14/c1-8-42(56)16(4)36(50)30-28(32(42)22(58-6)13-24(46)47)34(44)20-11-9-18(38(52)26(20)40(30)54)19-10-12-21-27(39(19)53)41(55)31-29(35(21)45)33(23(59-7)14-25(48)49)43(57,15(2)3)17(5)37(31)51/h9-17,32-33,52-57H,8H2,1-7H3,(H,46,47)(H,48,49)/b22-13-,23-14+. The molecule has 0 aromatic heterocycles. The van der Waals surface area contributed by atoms with Gasteiger partial charge in [0.1, 0.15) is 34.5 Å². The van der Waals surface area contributed by atoms with Gasteiger partial charge in [-0.2, -0.15) is 0 Å². The Kier molecular flexibility index (Phi) is 10.9. The smallest absolute Gasteiger partial charge is 0.331 e. The highest BCUT2D eigenvalue weighted by Gasteiger charge is 2.57. The van der Waals surface area contributed by atoms with Crippen LogP contribution in [0.3, 0.4) is 0 Å². The van der Waals surface area contributed by atoms with Crippen molar-refractivity contribution in [3.8, 4) is 34.1 Å². The van der Waals surface area contributed by atoms with Gasteiger partial charge >= 0.3 is 11.9 Å². The van der Waals surface area contributed by atoms with Crippen molar-refractivity contribution >= 4 is 68.3 Å². The topological polar surface area (TPSA) is 249 Å². The quantitative estimate of drug-likeness (QED) is 0.0605. The van der Waals surface area contributed by atoms with Gasteiger partial charge in [0.25, 0.3) is 0 Å².